The summed E-state index contributed by atoms with van der Waals surface area (Å²) in [6.45, 7) is 0.962. The van der Waals surface area contributed by atoms with Gasteiger partial charge in [0.25, 0.3) is 0 Å². The van der Waals surface area contributed by atoms with Crippen LogP contribution in [0.1, 0.15) is 12.0 Å². The molecular formula is C16H13NO3. The minimum absolute atomic E-state index is 0.0254. The Kier molecular flexibility index (Phi) is 1.88. The third kappa shape index (κ3) is 1.18. The number of fused-ring (bicyclic) bond motifs is 4. The quantitative estimate of drug-likeness (QED) is 0.725. The smallest absolute Gasteiger partial charge is 0.189 e. The first-order valence-electron chi connectivity index (χ1n) is 6.84. The van der Waals surface area contributed by atoms with Crippen molar-refractivity contribution in [1.29, 1.82) is 0 Å². The highest BCUT2D eigenvalue weighted by molar-refractivity contribution is 5.91. The van der Waals surface area contributed by atoms with Gasteiger partial charge in [0.15, 0.2) is 6.79 Å². The van der Waals surface area contributed by atoms with Gasteiger partial charge >= 0.3 is 0 Å². The molecule has 3 heterocycles. The number of rotatable bonds is 0. The van der Waals surface area contributed by atoms with E-state index in [2.05, 4.69) is 23.2 Å². The maximum Gasteiger partial charge on any atom is 0.189 e. The molecule has 20 heavy (non-hydrogen) atoms. The van der Waals surface area contributed by atoms with Crippen LogP contribution in [0, 0.1) is 0 Å². The van der Waals surface area contributed by atoms with Gasteiger partial charge in [-0.25, -0.2) is 0 Å². The normalized spacial score (nSPS) is 32.6. The highest BCUT2D eigenvalue weighted by Crippen LogP contribution is 2.50. The lowest BCUT2D eigenvalue weighted by Gasteiger charge is -2.23. The summed E-state index contributed by atoms with van der Waals surface area (Å²) in [4.78, 5) is 4.57. The van der Waals surface area contributed by atoms with Crippen LogP contribution >= 0.6 is 0 Å². The molecule has 100 valence electrons. The molecule has 3 aliphatic heterocycles. The van der Waals surface area contributed by atoms with Gasteiger partial charge in [-0.05, 0) is 17.7 Å². The molecule has 5 rings (SSSR count). The first kappa shape index (κ1) is 10.7. The van der Waals surface area contributed by atoms with Gasteiger partial charge in [0.2, 0.25) is 0 Å². The lowest BCUT2D eigenvalue weighted by Crippen LogP contribution is -2.29. The van der Waals surface area contributed by atoms with Crippen LogP contribution in [0.4, 0.5) is 5.69 Å². The summed E-state index contributed by atoms with van der Waals surface area (Å²) in [7, 11) is 0. The topological polar surface area (TPSA) is 40.0 Å². The number of hydrogen-bond donors (Lipinski definition) is 0. The predicted octanol–water partition coefficient (Wildman–Crippen LogP) is 2.59. The summed E-state index contributed by atoms with van der Waals surface area (Å²) in [5.74, 6) is 1.94. The van der Waals surface area contributed by atoms with Gasteiger partial charge in [0.1, 0.15) is 24.2 Å². The summed E-state index contributed by atoms with van der Waals surface area (Å²) >= 11 is 0. The summed E-state index contributed by atoms with van der Waals surface area (Å²) in [6, 6.07) is 8.26. The van der Waals surface area contributed by atoms with Crippen LogP contribution in [0.2, 0.25) is 0 Å². The SMILES string of the molecule is C1=Nc2ccccc2C12COC1=C2C=C2OCOC2C1. The first-order chi connectivity index (χ1) is 9.87. The molecule has 1 aromatic rings. The van der Waals surface area contributed by atoms with Gasteiger partial charge in [-0.3, -0.25) is 4.99 Å². The Hall–Kier alpha value is -2.07. The summed E-state index contributed by atoms with van der Waals surface area (Å²) in [5, 5.41) is 0. The minimum Gasteiger partial charge on any atom is -0.496 e. The van der Waals surface area contributed by atoms with Crippen molar-refractivity contribution in [3.05, 3.63) is 53.0 Å². The molecule has 1 aliphatic carbocycles. The zero-order valence-corrected chi connectivity index (χ0v) is 10.8. The monoisotopic (exact) mass is 267 g/mol. The van der Waals surface area contributed by atoms with Crippen LogP contribution in [0.15, 0.2) is 52.4 Å². The van der Waals surface area contributed by atoms with Crippen molar-refractivity contribution < 1.29 is 14.2 Å². The fraction of sp³-hybridized carbons (Fsp3) is 0.312. The fourth-order valence-electron chi connectivity index (χ4n) is 3.49. The lowest BCUT2D eigenvalue weighted by molar-refractivity contribution is 0.0449. The molecule has 1 spiro atoms. The predicted molar refractivity (Wildman–Crippen MR) is 72.8 cm³/mol. The molecule has 2 atom stereocenters. The van der Waals surface area contributed by atoms with Crippen molar-refractivity contribution in [1.82, 2.24) is 0 Å². The van der Waals surface area contributed by atoms with Crippen LogP contribution < -0.4 is 0 Å². The van der Waals surface area contributed by atoms with E-state index < -0.39 is 0 Å². The molecule has 4 aliphatic rings. The fourth-order valence-corrected chi connectivity index (χ4v) is 3.49. The second-order valence-corrected chi connectivity index (χ2v) is 5.54. The van der Waals surface area contributed by atoms with Gasteiger partial charge in [0, 0.05) is 18.2 Å². The summed E-state index contributed by atoms with van der Waals surface area (Å²) in [5.41, 5.74) is 3.20. The standard InChI is InChI=1S/C16H13NO3/c1-2-4-12-10(3-1)16(7-17-12)8-18-13-6-15-14(5-11(13)16)19-9-20-15/h1-5,7,15H,6,8-9H2. The molecule has 4 heteroatoms. The van der Waals surface area contributed by atoms with E-state index in [9.17, 15) is 0 Å². The number of benzene rings is 1. The van der Waals surface area contributed by atoms with Crippen LogP contribution in [-0.2, 0) is 19.6 Å². The van der Waals surface area contributed by atoms with E-state index >= 15 is 0 Å². The Morgan fingerprint density at radius 2 is 2.15 bits per heavy atom. The molecule has 1 aromatic carbocycles. The molecule has 0 aromatic heterocycles. The molecule has 0 radical (unpaired) electrons. The molecule has 0 saturated carbocycles. The van der Waals surface area contributed by atoms with Gasteiger partial charge in [0.05, 0.1) is 11.1 Å². The zero-order chi connectivity index (χ0) is 13.2. The Bertz CT molecular complexity index is 703. The molecule has 0 amide bonds. The number of hydrogen-bond acceptors (Lipinski definition) is 4. The molecule has 1 fully saturated rings. The van der Waals surface area contributed by atoms with Gasteiger partial charge < -0.3 is 14.2 Å². The highest BCUT2D eigenvalue weighted by Gasteiger charge is 2.49. The molecule has 4 nitrogen and oxygen atoms in total. The van der Waals surface area contributed by atoms with Crippen LogP contribution in [0.25, 0.3) is 0 Å². The van der Waals surface area contributed by atoms with E-state index in [1.54, 1.807) is 0 Å². The minimum atomic E-state index is -0.240. The Morgan fingerprint density at radius 1 is 1.20 bits per heavy atom. The summed E-state index contributed by atoms with van der Waals surface area (Å²) in [6.07, 6.45) is 4.90. The third-order valence-electron chi connectivity index (χ3n) is 4.53. The van der Waals surface area contributed by atoms with E-state index in [1.807, 2.05) is 18.3 Å². The Labute approximate surface area is 116 Å². The average molecular weight is 267 g/mol. The molecule has 0 bridgehead atoms. The first-order valence-corrected chi connectivity index (χ1v) is 6.84. The van der Waals surface area contributed by atoms with Crippen molar-refractivity contribution in [2.75, 3.05) is 13.4 Å². The number of aliphatic imine (C=N–C) groups is 1. The van der Waals surface area contributed by atoms with Crippen molar-refractivity contribution in [2.24, 2.45) is 4.99 Å². The van der Waals surface area contributed by atoms with E-state index in [-0.39, 0.29) is 11.5 Å². The van der Waals surface area contributed by atoms with Crippen LogP contribution in [-0.4, -0.2) is 25.7 Å². The van der Waals surface area contributed by atoms with E-state index in [0.29, 0.717) is 13.4 Å². The van der Waals surface area contributed by atoms with Gasteiger partial charge in [-0.1, -0.05) is 18.2 Å². The van der Waals surface area contributed by atoms with Crippen LogP contribution in [0.3, 0.4) is 0 Å². The number of allylic oxidation sites excluding steroid dienone is 1. The second-order valence-electron chi connectivity index (χ2n) is 5.54. The van der Waals surface area contributed by atoms with Crippen molar-refractivity contribution in [3.8, 4) is 0 Å². The summed E-state index contributed by atoms with van der Waals surface area (Å²) < 4.78 is 17.1. The van der Waals surface area contributed by atoms with Crippen molar-refractivity contribution in [2.45, 2.75) is 17.9 Å². The van der Waals surface area contributed by atoms with Crippen LogP contribution in [0.5, 0.6) is 0 Å². The molecule has 0 N–H and O–H groups in total. The molecule has 2 unspecified atom stereocenters. The highest BCUT2D eigenvalue weighted by atomic mass is 16.7. The zero-order valence-electron chi connectivity index (χ0n) is 10.8. The number of ether oxygens (including phenoxy) is 3. The van der Waals surface area contributed by atoms with Crippen molar-refractivity contribution in [3.63, 3.8) is 0 Å². The largest absolute Gasteiger partial charge is 0.496 e. The van der Waals surface area contributed by atoms with Gasteiger partial charge in [-0.15, -0.1) is 0 Å². The Balaban J connectivity index is 1.68. The maximum atomic E-state index is 5.97. The van der Waals surface area contributed by atoms with Gasteiger partial charge in [-0.2, -0.15) is 0 Å². The van der Waals surface area contributed by atoms with E-state index in [4.69, 9.17) is 14.2 Å². The average Bonchev–Trinajstić information content (AvgIpc) is 3.17. The number of nitrogens with zero attached hydrogens (tertiary/aromatic N) is 1. The lowest BCUT2D eigenvalue weighted by atomic mass is 9.75. The molecule has 1 saturated heterocycles. The Morgan fingerprint density at radius 3 is 3.15 bits per heavy atom. The second kappa shape index (κ2) is 3.52. The van der Waals surface area contributed by atoms with E-state index in [1.165, 1.54) is 11.1 Å². The molecular weight excluding hydrogens is 254 g/mol. The maximum absolute atomic E-state index is 5.97. The number of para-hydroxylation sites is 1. The van der Waals surface area contributed by atoms with E-state index in [0.717, 1.165) is 23.6 Å². The third-order valence-corrected chi connectivity index (χ3v) is 4.53. The van der Waals surface area contributed by atoms with Crippen molar-refractivity contribution >= 4 is 11.9 Å².